The van der Waals surface area contributed by atoms with E-state index in [-0.39, 0.29) is 41.9 Å². The maximum Gasteiger partial charge on any atom is 0.272 e. The number of nitrogens with zero attached hydrogens (tertiary/aromatic N) is 3. The van der Waals surface area contributed by atoms with Gasteiger partial charge in [-0.3, -0.25) is 14.3 Å². The zero-order chi connectivity index (χ0) is 26.2. The normalized spacial score (nSPS) is 20.5. The van der Waals surface area contributed by atoms with Crippen molar-refractivity contribution in [3.8, 4) is 5.88 Å². The molecule has 1 saturated heterocycles. The van der Waals surface area contributed by atoms with Crippen molar-refractivity contribution in [1.82, 2.24) is 20.1 Å². The van der Waals surface area contributed by atoms with Crippen LogP contribution in [0.1, 0.15) is 84.8 Å². The zero-order valence-electron chi connectivity index (χ0n) is 21.5. The lowest BCUT2D eigenvalue weighted by molar-refractivity contribution is 0.0914. The highest BCUT2D eigenvalue weighted by molar-refractivity contribution is 7.99. The number of thioether (sulfide) groups is 1. The van der Waals surface area contributed by atoms with E-state index in [0.29, 0.717) is 24.6 Å². The third kappa shape index (κ3) is 7.54. The third-order valence-electron chi connectivity index (χ3n) is 7.30. The van der Waals surface area contributed by atoms with Crippen molar-refractivity contribution in [3.05, 3.63) is 41.1 Å². The van der Waals surface area contributed by atoms with Gasteiger partial charge in [0.2, 0.25) is 5.88 Å². The minimum absolute atomic E-state index is 0.0215. The molecule has 1 aliphatic carbocycles. The molecular weight excluding hydrogens is 495 g/mol. The van der Waals surface area contributed by atoms with E-state index < -0.39 is 5.82 Å². The minimum atomic E-state index is -0.529. The van der Waals surface area contributed by atoms with Gasteiger partial charge < -0.3 is 15.2 Å². The molecule has 4 rings (SSSR count). The molecule has 1 aliphatic heterocycles. The molecule has 8 nitrogen and oxygen atoms in total. The Balaban J connectivity index is 1.25. The summed E-state index contributed by atoms with van der Waals surface area (Å²) in [6.07, 6.45) is 8.26. The Hall–Kier alpha value is -2.46. The first-order valence-corrected chi connectivity index (χ1v) is 14.5. The standard InChI is InChI=1S/C27H37FN4O4S/c1-2-21-16-24(31-32(21)11-12-33)26(35)30-20-6-3-18(4-7-20)5-8-25(34)23-15-19(28)17-29-27(23)36-22-9-13-37-14-10-22/h15-18,20,22,33H,2-14H2,1H3,(H,30,35)/t18-,20+. The lowest BCUT2D eigenvalue weighted by Crippen LogP contribution is -2.38. The summed E-state index contributed by atoms with van der Waals surface area (Å²) in [4.78, 5) is 29.8. The summed E-state index contributed by atoms with van der Waals surface area (Å²) >= 11 is 1.89. The molecule has 2 N–H and O–H groups in total. The fourth-order valence-corrected chi connectivity index (χ4v) is 6.20. The Bertz CT molecular complexity index is 1060. The number of hydrogen-bond donors (Lipinski definition) is 2. The second kappa shape index (κ2) is 13.4. The summed E-state index contributed by atoms with van der Waals surface area (Å²) < 4.78 is 21.6. The van der Waals surface area contributed by atoms with Gasteiger partial charge in [-0.15, -0.1) is 0 Å². The number of halogens is 1. The van der Waals surface area contributed by atoms with E-state index in [0.717, 1.165) is 74.8 Å². The van der Waals surface area contributed by atoms with Crippen LogP contribution in [0.4, 0.5) is 4.39 Å². The Morgan fingerprint density at radius 1 is 1.19 bits per heavy atom. The van der Waals surface area contributed by atoms with E-state index in [1.165, 1.54) is 6.07 Å². The number of carbonyl (C=O) groups excluding carboxylic acids is 2. The summed E-state index contributed by atoms with van der Waals surface area (Å²) in [5.41, 5.74) is 1.55. The van der Waals surface area contributed by atoms with Crippen LogP contribution < -0.4 is 10.1 Å². The van der Waals surface area contributed by atoms with Crippen LogP contribution in [0.5, 0.6) is 5.88 Å². The Morgan fingerprint density at radius 3 is 2.65 bits per heavy atom. The number of aromatic nitrogens is 3. The molecule has 0 unspecified atom stereocenters. The van der Waals surface area contributed by atoms with Gasteiger partial charge in [0.05, 0.1) is 24.9 Å². The van der Waals surface area contributed by atoms with Gasteiger partial charge in [0.15, 0.2) is 5.78 Å². The summed E-state index contributed by atoms with van der Waals surface area (Å²) in [7, 11) is 0. The molecule has 202 valence electrons. The number of amides is 1. The molecule has 37 heavy (non-hydrogen) atoms. The molecule has 2 aliphatic rings. The fraction of sp³-hybridized carbons (Fsp3) is 0.630. The van der Waals surface area contributed by atoms with E-state index >= 15 is 0 Å². The van der Waals surface area contributed by atoms with Crippen LogP contribution in [-0.2, 0) is 13.0 Å². The first-order chi connectivity index (χ1) is 18.0. The summed E-state index contributed by atoms with van der Waals surface area (Å²) in [6, 6.07) is 3.11. The monoisotopic (exact) mass is 532 g/mol. The smallest absolute Gasteiger partial charge is 0.272 e. The molecule has 1 amide bonds. The summed E-state index contributed by atoms with van der Waals surface area (Å²) in [5.74, 6) is 1.82. The van der Waals surface area contributed by atoms with E-state index in [2.05, 4.69) is 15.4 Å². The molecular formula is C27H37FN4O4S. The van der Waals surface area contributed by atoms with Gasteiger partial charge in [-0.1, -0.05) is 6.92 Å². The number of aliphatic hydroxyl groups is 1. The van der Waals surface area contributed by atoms with Crippen LogP contribution in [0, 0.1) is 11.7 Å². The van der Waals surface area contributed by atoms with Gasteiger partial charge in [-0.05, 0) is 80.9 Å². The maximum atomic E-state index is 13.9. The molecule has 0 spiro atoms. The van der Waals surface area contributed by atoms with E-state index in [1.54, 1.807) is 10.7 Å². The SMILES string of the molecule is CCc1cc(C(=O)N[C@H]2CC[C@@H](CCC(=O)c3cc(F)cnc3OC3CCSCC3)CC2)nn1CCO. The number of ketones is 1. The highest BCUT2D eigenvalue weighted by Crippen LogP contribution is 2.30. The number of Topliss-reactive ketones (excluding diaryl/α,β-unsaturated/α-hetero) is 1. The minimum Gasteiger partial charge on any atom is -0.474 e. The molecule has 0 bridgehead atoms. The predicted octanol–water partition coefficient (Wildman–Crippen LogP) is 4.20. The second-order valence-corrected chi connectivity index (χ2v) is 11.1. The molecule has 1 saturated carbocycles. The van der Waals surface area contributed by atoms with Crippen molar-refractivity contribution in [2.45, 2.75) is 83.4 Å². The van der Waals surface area contributed by atoms with E-state index in [1.807, 2.05) is 18.7 Å². The fourth-order valence-electron chi connectivity index (χ4n) is 5.14. The van der Waals surface area contributed by atoms with Gasteiger partial charge in [-0.2, -0.15) is 16.9 Å². The third-order valence-corrected chi connectivity index (χ3v) is 8.35. The number of rotatable bonds is 11. The van der Waals surface area contributed by atoms with Crippen LogP contribution in [0.2, 0.25) is 0 Å². The van der Waals surface area contributed by atoms with Crippen LogP contribution in [0.25, 0.3) is 0 Å². The summed E-state index contributed by atoms with van der Waals surface area (Å²) in [6.45, 7) is 2.35. The number of aryl methyl sites for hydroxylation is 1. The number of aliphatic hydroxyl groups excluding tert-OH is 1. The lowest BCUT2D eigenvalue weighted by atomic mass is 9.82. The van der Waals surface area contributed by atoms with Gasteiger partial charge in [0, 0.05) is 18.2 Å². The summed E-state index contributed by atoms with van der Waals surface area (Å²) in [5, 5.41) is 16.6. The average Bonchev–Trinajstić information content (AvgIpc) is 3.33. The van der Waals surface area contributed by atoms with Crippen LogP contribution in [-0.4, -0.2) is 61.8 Å². The van der Waals surface area contributed by atoms with Crippen molar-refractivity contribution in [2.75, 3.05) is 18.1 Å². The zero-order valence-corrected chi connectivity index (χ0v) is 22.3. The Labute approximate surface area is 221 Å². The lowest BCUT2D eigenvalue weighted by Gasteiger charge is -2.29. The molecule has 0 radical (unpaired) electrons. The molecule has 0 atom stereocenters. The van der Waals surface area contributed by atoms with E-state index in [4.69, 9.17) is 4.74 Å². The van der Waals surface area contributed by atoms with Crippen molar-refractivity contribution in [1.29, 1.82) is 0 Å². The van der Waals surface area contributed by atoms with Gasteiger partial charge in [0.1, 0.15) is 17.6 Å². The highest BCUT2D eigenvalue weighted by Gasteiger charge is 2.26. The number of nitrogens with one attached hydrogen (secondary N) is 1. The van der Waals surface area contributed by atoms with Crippen molar-refractivity contribution in [2.24, 2.45) is 5.92 Å². The number of carbonyl (C=O) groups is 2. The van der Waals surface area contributed by atoms with Crippen molar-refractivity contribution >= 4 is 23.5 Å². The van der Waals surface area contributed by atoms with Crippen molar-refractivity contribution < 1.29 is 23.8 Å². The Morgan fingerprint density at radius 2 is 1.95 bits per heavy atom. The molecule has 2 fully saturated rings. The Kier molecular flexibility index (Phi) is 9.96. The average molecular weight is 533 g/mol. The van der Waals surface area contributed by atoms with Gasteiger partial charge in [0.25, 0.3) is 5.91 Å². The number of ether oxygens (including phenoxy) is 1. The van der Waals surface area contributed by atoms with Crippen LogP contribution in [0.15, 0.2) is 18.3 Å². The van der Waals surface area contributed by atoms with Crippen molar-refractivity contribution in [3.63, 3.8) is 0 Å². The largest absolute Gasteiger partial charge is 0.474 e. The first-order valence-electron chi connectivity index (χ1n) is 13.4. The van der Waals surface area contributed by atoms with Gasteiger partial charge in [-0.25, -0.2) is 9.37 Å². The van der Waals surface area contributed by atoms with Crippen LogP contribution in [0.3, 0.4) is 0 Å². The quantitative estimate of drug-likeness (QED) is 0.418. The predicted molar refractivity (Wildman–Crippen MR) is 141 cm³/mol. The van der Waals surface area contributed by atoms with Crippen LogP contribution >= 0.6 is 11.8 Å². The topological polar surface area (TPSA) is 106 Å². The molecule has 0 aromatic carbocycles. The second-order valence-electron chi connectivity index (χ2n) is 9.91. The number of hydrogen-bond acceptors (Lipinski definition) is 7. The molecule has 2 aromatic rings. The molecule has 3 heterocycles. The highest BCUT2D eigenvalue weighted by atomic mass is 32.2. The first kappa shape index (κ1) is 27.6. The maximum absolute atomic E-state index is 13.9. The molecule has 2 aromatic heterocycles. The molecule has 10 heteroatoms. The number of pyridine rings is 1. The van der Waals surface area contributed by atoms with Gasteiger partial charge >= 0.3 is 0 Å². The van der Waals surface area contributed by atoms with E-state index in [9.17, 15) is 19.1 Å².